The van der Waals surface area contributed by atoms with E-state index in [2.05, 4.69) is 4.98 Å². The number of rotatable bonds is 5. The van der Waals surface area contributed by atoms with Crippen LogP contribution in [0.25, 0.3) is 0 Å². The summed E-state index contributed by atoms with van der Waals surface area (Å²) >= 11 is 0. The zero-order valence-corrected chi connectivity index (χ0v) is 10.4. The highest BCUT2D eigenvalue weighted by Crippen LogP contribution is 2.07. The number of aromatic nitrogens is 2. The number of nitrogen functional groups attached to an aromatic ring is 1. The van der Waals surface area contributed by atoms with E-state index in [0.29, 0.717) is 4.57 Å². The number of carbonyl (C=O) groups is 2. The fraction of sp³-hybridized carbons (Fsp3) is 0.400. The number of aliphatic hydroxyl groups excluding tert-OH is 4. The molecule has 0 aliphatic heterocycles. The van der Waals surface area contributed by atoms with E-state index in [9.17, 15) is 29.7 Å². The fourth-order valence-electron chi connectivity index (χ4n) is 1.39. The molecule has 7 N–H and O–H groups in total. The van der Waals surface area contributed by atoms with Gasteiger partial charge in [0, 0.05) is 6.20 Å². The summed E-state index contributed by atoms with van der Waals surface area (Å²) in [6, 6.07) is 1.07. The lowest BCUT2D eigenvalue weighted by Gasteiger charge is -2.23. The van der Waals surface area contributed by atoms with Crippen LogP contribution in [0.4, 0.5) is 5.82 Å². The van der Waals surface area contributed by atoms with Crippen molar-refractivity contribution in [2.24, 2.45) is 0 Å². The van der Waals surface area contributed by atoms with Crippen LogP contribution in [0.2, 0.25) is 0 Å². The summed E-state index contributed by atoms with van der Waals surface area (Å²) in [5, 5.41) is 45.8. The van der Waals surface area contributed by atoms with Crippen molar-refractivity contribution in [3.63, 3.8) is 0 Å². The normalized spacial score (nSPS) is 16.8. The zero-order chi connectivity index (χ0) is 16.3. The average molecular weight is 303 g/mol. The minimum atomic E-state index is -2.43. The van der Waals surface area contributed by atoms with Crippen molar-refractivity contribution in [3.8, 4) is 0 Å². The lowest BCUT2D eigenvalue weighted by atomic mass is 10.0. The Morgan fingerprint density at radius 3 is 2.14 bits per heavy atom. The van der Waals surface area contributed by atoms with Crippen molar-refractivity contribution < 1.29 is 35.1 Å². The lowest BCUT2D eigenvalue weighted by molar-refractivity contribution is -0.161. The van der Waals surface area contributed by atoms with Crippen LogP contribution >= 0.6 is 0 Å². The standard InChI is InChI=1S/C10H13N3O8/c11-3-1-2-13(10(21)12-3)8(18)6(16)4(14)5(15)7(17)9(19)20/h1-2,4-7,14-17H,(H,19,20)(H2,11,12,21)/t4-,5-,6+,7-/m0/s1. The molecule has 0 amide bonds. The van der Waals surface area contributed by atoms with Gasteiger partial charge in [-0.2, -0.15) is 4.98 Å². The second-order valence-corrected chi connectivity index (χ2v) is 4.05. The molecule has 0 fully saturated rings. The Bertz CT molecular complexity index is 600. The monoisotopic (exact) mass is 303 g/mol. The minimum absolute atomic E-state index is 0.180. The third-order valence-electron chi connectivity index (χ3n) is 2.57. The molecular formula is C10H13N3O8. The Morgan fingerprint density at radius 2 is 1.67 bits per heavy atom. The van der Waals surface area contributed by atoms with Gasteiger partial charge in [0.2, 0.25) is 0 Å². The van der Waals surface area contributed by atoms with Crippen molar-refractivity contribution >= 4 is 17.7 Å². The SMILES string of the molecule is Nc1ccn(C(=O)[C@H](O)[C@@H](O)[C@H](O)[C@H](O)C(=O)O)c(=O)n1. The third-order valence-corrected chi connectivity index (χ3v) is 2.57. The average Bonchev–Trinajstić information content (AvgIpc) is 2.43. The predicted molar refractivity (Wildman–Crippen MR) is 65.2 cm³/mol. The van der Waals surface area contributed by atoms with Crippen LogP contribution in [0.15, 0.2) is 17.1 Å². The van der Waals surface area contributed by atoms with E-state index in [1.807, 2.05) is 0 Å². The van der Waals surface area contributed by atoms with E-state index < -0.39 is 42.0 Å². The maximum Gasteiger partial charge on any atom is 0.356 e. The second-order valence-electron chi connectivity index (χ2n) is 4.05. The molecule has 1 heterocycles. The van der Waals surface area contributed by atoms with Gasteiger partial charge in [0.25, 0.3) is 5.91 Å². The van der Waals surface area contributed by atoms with E-state index in [4.69, 9.17) is 15.9 Å². The van der Waals surface area contributed by atoms with Crippen LogP contribution in [0.3, 0.4) is 0 Å². The molecule has 11 heteroatoms. The molecule has 21 heavy (non-hydrogen) atoms. The van der Waals surface area contributed by atoms with Crippen molar-refractivity contribution in [2.45, 2.75) is 24.4 Å². The number of carboxylic acids is 1. The van der Waals surface area contributed by atoms with Gasteiger partial charge in [-0.25, -0.2) is 14.2 Å². The molecule has 4 atom stereocenters. The number of carboxylic acid groups (broad SMARTS) is 1. The molecule has 1 aromatic heterocycles. The van der Waals surface area contributed by atoms with Crippen molar-refractivity contribution in [3.05, 3.63) is 22.7 Å². The number of nitrogens with zero attached hydrogens (tertiary/aromatic N) is 2. The molecule has 0 spiro atoms. The largest absolute Gasteiger partial charge is 0.479 e. The minimum Gasteiger partial charge on any atom is -0.479 e. The highest BCUT2D eigenvalue weighted by molar-refractivity contribution is 5.84. The van der Waals surface area contributed by atoms with Crippen molar-refractivity contribution in [1.29, 1.82) is 0 Å². The summed E-state index contributed by atoms with van der Waals surface area (Å²) in [6.45, 7) is 0. The molecule has 11 nitrogen and oxygen atoms in total. The molecule has 0 radical (unpaired) electrons. The lowest BCUT2D eigenvalue weighted by Crippen LogP contribution is -2.52. The van der Waals surface area contributed by atoms with E-state index >= 15 is 0 Å². The van der Waals surface area contributed by atoms with Gasteiger partial charge in [-0.05, 0) is 6.07 Å². The summed E-state index contributed by atoms with van der Waals surface area (Å²) in [5.74, 6) is -3.43. The van der Waals surface area contributed by atoms with Gasteiger partial charge < -0.3 is 31.3 Å². The highest BCUT2D eigenvalue weighted by atomic mass is 16.4. The Labute approximate surface area is 116 Å². The highest BCUT2D eigenvalue weighted by Gasteiger charge is 2.38. The molecule has 0 aromatic carbocycles. The topological polar surface area (TPSA) is 196 Å². The predicted octanol–water partition coefficient (Wildman–Crippen LogP) is -4.01. The summed E-state index contributed by atoms with van der Waals surface area (Å²) in [6.07, 6.45) is -8.60. The van der Waals surface area contributed by atoms with Gasteiger partial charge in [-0.3, -0.25) is 4.79 Å². The number of hydrogen-bond donors (Lipinski definition) is 6. The molecular weight excluding hydrogens is 290 g/mol. The quantitative estimate of drug-likeness (QED) is 0.311. The maximum absolute atomic E-state index is 11.7. The molecule has 1 rings (SSSR count). The van der Waals surface area contributed by atoms with E-state index in [1.165, 1.54) is 0 Å². The van der Waals surface area contributed by atoms with Crippen LogP contribution in [0.1, 0.15) is 4.79 Å². The van der Waals surface area contributed by atoms with Crippen molar-refractivity contribution in [2.75, 3.05) is 5.73 Å². The van der Waals surface area contributed by atoms with Gasteiger partial charge in [-0.1, -0.05) is 0 Å². The van der Waals surface area contributed by atoms with E-state index in [-0.39, 0.29) is 5.82 Å². The number of hydrogen-bond acceptors (Lipinski definition) is 9. The van der Waals surface area contributed by atoms with Crippen LogP contribution in [-0.2, 0) is 4.79 Å². The summed E-state index contributed by atoms with van der Waals surface area (Å²) in [7, 11) is 0. The zero-order valence-electron chi connectivity index (χ0n) is 10.4. The number of aliphatic carboxylic acids is 1. The number of nitrogens with two attached hydrogens (primary N) is 1. The van der Waals surface area contributed by atoms with Gasteiger partial charge in [0.05, 0.1) is 0 Å². The Hall–Kier alpha value is -2.34. The van der Waals surface area contributed by atoms with Crippen LogP contribution in [0, 0.1) is 0 Å². The maximum atomic E-state index is 11.7. The first-order valence-electron chi connectivity index (χ1n) is 5.51. The molecule has 0 bridgehead atoms. The molecule has 116 valence electrons. The molecule has 0 saturated heterocycles. The summed E-state index contributed by atoms with van der Waals surface area (Å²) in [5.41, 5.74) is 4.06. The van der Waals surface area contributed by atoms with E-state index in [0.717, 1.165) is 12.3 Å². The number of aliphatic hydroxyl groups is 4. The molecule has 0 unspecified atom stereocenters. The van der Waals surface area contributed by atoms with Crippen LogP contribution in [-0.4, -0.2) is 71.4 Å². The first-order chi connectivity index (χ1) is 9.66. The van der Waals surface area contributed by atoms with Crippen LogP contribution in [0.5, 0.6) is 0 Å². The van der Waals surface area contributed by atoms with Gasteiger partial charge in [0.15, 0.2) is 12.2 Å². The fourth-order valence-corrected chi connectivity index (χ4v) is 1.39. The summed E-state index contributed by atoms with van der Waals surface area (Å²) < 4.78 is 0.310. The van der Waals surface area contributed by atoms with Gasteiger partial charge >= 0.3 is 11.7 Å². The first kappa shape index (κ1) is 16.7. The Balaban J connectivity index is 2.96. The second kappa shape index (κ2) is 6.41. The molecule has 0 saturated carbocycles. The third kappa shape index (κ3) is 3.61. The van der Waals surface area contributed by atoms with Crippen molar-refractivity contribution in [1.82, 2.24) is 9.55 Å². The Morgan fingerprint density at radius 1 is 1.14 bits per heavy atom. The molecule has 1 aromatic rings. The summed E-state index contributed by atoms with van der Waals surface area (Å²) in [4.78, 5) is 36.8. The number of anilines is 1. The smallest absolute Gasteiger partial charge is 0.356 e. The van der Waals surface area contributed by atoms with E-state index in [1.54, 1.807) is 0 Å². The molecule has 0 aliphatic rings. The molecule has 0 aliphatic carbocycles. The van der Waals surface area contributed by atoms with Gasteiger partial charge in [0.1, 0.15) is 18.0 Å². The van der Waals surface area contributed by atoms with Crippen LogP contribution < -0.4 is 11.4 Å². The van der Waals surface area contributed by atoms with Gasteiger partial charge in [-0.15, -0.1) is 0 Å². The number of carbonyl (C=O) groups excluding carboxylic acids is 1. The first-order valence-corrected chi connectivity index (χ1v) is 5.51. The Kier molecular flexibility index (Phi) is 5.10.